The maximum Gasteiger partial charge on any atom is 0.00476 e. The summed E-state index contributed by atoms with van der Waals surface area (Å²) in [5.41, 5.74) is 3.07. The smallest absolute Gasteiger partial charge is 0.00476 e. The lowest BCUT2D eigenvalue weighted by Gasteiger charge is -2.21. The van der Waals surface area contributed by atoms with Crippen molar-refractivity contribution < 1.29 is 0 Å². The first kappa shape index (κ1) is 16.5. The lowest BCUT2D eigenvalue weighted by molar-refractivity contribution is 0.320. The zero-order chi connectivity index (χ0) is 15.1. The molecule has 0 bridgehead atoms. The van der Waals surface area contributed by atoms with Gasteiger partial charge < -0.3 is 4.90 Å². The predicted octanol–water partition coefficient (Wildman–Crippen LogP) is 5.57. The van der Waals surface area contributed by atoms with E-state index in [4.69, 9.17) is 0 Å². The molecule has 1 aromatic carbocycles. The van der Waals surface area contributed by atoms with E-state index in [1.165, 1.54) is 69.3 Å². The third kappa shape index (κ3) is 5.14. The zero-order valence-corrected chi connectivity index (χ0v) is 14.3. The lowest BCUT2D eigenvalue weighted by Crippen LogP contribution is -2.24. The Morgan fingerprint density at radius 3 is 2.33 bits per heavy atom. The van der Waals surface area contributed by atoms with Crippen LogP contribution in [0.15, 0.2) is 24.3 Å². The molecule has 0 radical (unpaired) electrons. The SMILES string of the molecule is CCCCCC(C)c1cccc(C(C)CN2CCCC2)c1. The minimum absolute atomic E-state index is 0.658. The van der Waals surface area contributed by atoms with E-state index in [0.29, 0.717) is 11.8 Å². The van der Waals surface area contributed by atoms with Crippen LogP contribution < -0.4 is 0 Å². The number of hydrogen-bond acceptors (Lipinski definition) is 1. The normalized spacial score (nSPS) is 18.8. The van der Waals surface area contributed by atoms with Gasteiger partial charge in [0.05, 0.1) is 0 Å². The van der Waals surface area contributed by atoms with Crippen LogP contribution in [0.3, 0.4) is 0 Å². The Kier molecular flexibility index (Phi) is 6.76. The maximum absolute atomic E-state index is 2.63. The minimum atomic E-state index is 0.658. The first-order valence-electron chi connectivity index (χ1n) is 9.03. The second-order valence-corrected chi connectivity index (χ2v) is 6.98. The van der Waals surface area contributed by atoms with Gasteiger partial charge in [0.1, 0.15) is 0 Å². The van der Waals surface area contributed by atoms with Crippen molar-refractivity contribution in [3.05, 3.63) is 35.4 Å². The monoisotopic (exact) mass is 287 g/mol. The van der Waals surface area contributed by atoms with Gasteiger partial charge in [0.2, 0.25) is 0 Å². The molecule has 2 atom stereocenters. The van der Waals surface area contributed by atoms with Gasteiger partial charge in [-0.15, -0.1) is 0 Å². The number of nitrogens with zero attached hydrogens (tertiary/aromatic N) is 1. The average Bonchev–Trinajstić information content (AvgIpc) is 3.00. The third-order valence-electron chi connectivity index (χ3n) is 5.02. The molecule has 1 aliphatic rings. The van der Waals surface area contributed by atoms with Gasteiger partial charge >= 0.3 is 0 Å². The number of unbranched alkanes of at least 4 members (excludes halogenated alkanes) is 2. The molecule has 0 aliphatic carbocycles. The van der Waals surface area contributed by atoms with Crippen LogP contribution in [0.1, 0.15) is 82.3 Å². The van der Waals surface area contributed by atoms with Gasteiger partial charge in [0.15, 0.2) is 0 Å². The van der Waals surface area contributed by atoms with E-state index in [1.54, 1.807) is 0 Å². The van der Waals surface area contributed by atoms with Crippen molar-refractivity contribution >= 4 is 0 Å². The average molecular weight is 287 g/mol. The molecule has 1 fully saturated rings. The standard InChI is InChI=1S/C20H33N/c1-4-5-6-10-17(2)19-11-9-12-20(15-19)18(3)16-21-13-7-8-14-21/h9,11-12,15,17-18H,4-8,10,13-14,16H2,1-3H3. The van der Waals surface area contributed by atoms with Crippen LogP contribution in [-0.2, 0) is 0 Å². The van der Waals surface area contributed by atoms with Crippen LogP contribution >= 0.6 is 0 Å². The number of hydrogen-bond donors (Lipinski definition) is 0. The van der Waals surface area contributed by atoms with Gasteiger partial charge in [-0.25, -0.2) is 0 Å². The van der Waals surface area contributed by atoms with Crippen LogP contribution in [0, 0.1) is 0 Å². The summed E-state index contributed by atoms with van der Waals surface area (Å²) in [6, 6.07) is 9.38. The van der Waals surface area contributed by atoms with E-state index in [2.05, 4.69) is 49.9 Å². The second-order valence-electron chi connectivity index (χ2n) is 6.98. The van der Waals surface area contributed by atoms with Crippen LogP contribution in [-0.4, -0.2) is 24.5 Å². The van der Waals surface area contributed by atoms with Crippen molar-refractivity contribution in [1.82, 2.24) is 4.90 Å². The number of rotatable bonds is 8. The van der Waals surface area contributed by atoms with Crippen molar-refractivity contribution in [3.63, 3.8) is 0 Å². The molecule has 21 heavy (non-hydrogen) atoms. The fourth-order valence-corrected chi connectivity index (χ4v) is 3.50. The molecule has 1 saturated heterocycles. The summed E-state index contributed by atoms with van der Waals surface area (Å²) in [5, 5.41) is 0. The van der Waals surface area contributed by atoms with Crippen molar-refractivity contribution in [2.45, 2.75) is 71.1 Å². The van der Waals surface area contributed by atoms with Gasteiger partial charge in [-0.2, -0.15) is 0 Å². The van der Waals surface area contributed by atoms with E-state index in [9.17, 15) is 0 Å². The topological polar surface area (TPSA) is 3.24 Å². The van der Waals surface area contributed by atoms with Gasteiger partial charge in [0.25, 0.3) is 0 Å². The Labute approximate surface area is 131 Å². The Bertz CT molecular complexity index is 406. The quantitative estimate of drug-likeness (QED) is 0.565. The minimum Gasteiger partial charge on any atom is -0.303 e. The Morgan fingerprint density at radius 1 is 1.00 bits per heavy atom. The molecular weight excluding hydrogens is 254 g/mol. The van der Waals surface area contributed by atoms with Crippen molar-refractivity contribution in [3.8, 4) is 0 Å². The summed E-state index contributed by atoms with van der Waals surface area (Å²) in [6.07, 6.45) is 8.17. The Balaban J connectivity index is 1.92. The van der Waals surface area contributed by atoms with Crippen molar-refractivity contribution in [2.75, 3.05) is 19.6 Å². The van der Waals surface area contributed by atoms with Gasteiger partial charge in [0, 0.05) is 6.54 Å². The summed E-state index contributed by atoms with van der Waals surface area (Å²) in [6.45, 7) is 10.9. The van der Waals surface area contributed by atoms with Gasteiger partial charge in [-0.1, -0.05) is 64.3 Å². The molecule has 0 spiro atoms. The highest BCUT2D eigenvalue weighted by molar-refractivity contribution is 5.28. The highest BCUT2D eigenvalue weighted by atomic mass is 15.1. The third-order valence-corrected chi connectivity index (χ3v) is 5.02. The van der Waals surface area contributed by atoms with E-state index in [0.717, 1.165) is 0 Å². The summed E-state index contributed by atoms with van der Waals surface area (Å²) < 4.78 is 0. The largest absolute Gasteiger partial charge is 0.303 e. The fourth-order valence-electron chi connectivity index (χ4n) is 3.50. The van der Waals surface area contributed by atoms with Crippen LogP contribution in [0.25, 0.3) is 0 Å². The summed E-state index contributed by atoms with van der Waals surface area (Å²) in [5.74, 6) is 1.36. The molecule has 0 aromatic heterocycles. The van der Waals surface area contributed by atoms with E-state index < -0.39 is 0 Å². The lowest BCUT2D eigenvalue weighted by atomic mass is 9.91. The Hall–Kier alpha value is -0.820. The molecule has 1 aromatic rings. The molecular formula is C20H33N. The van der Waals surface area contributed by atoms with E-state index >= 15 is 0 Å². The number of likely N-dealkylation sites (tertiary alicyclic amines) is 1. The van der Waals surface area contributed by atoms with Crippen LogP contribution in [0.4, 0.5) is 0 Å². The first-order chi connectivity index (χ1) is 10.2. The molecule has 2 rings (SSSR count). The van der Waals surface area contributed by atoms with E-state index in [-0.39, 0.29) is 0 Å². The molecule has 1 aliphatic heterocycles. The molecule has 1 heteroatoms. The summed E-state index contributed by atoms with van der Waals surface area (Å²) in [4.78, 5) is 2.63. The predicted molar refractivity (Wildman–Crippen MR) is 93.1 cm³/mol. The van der Waals surface area contributed by atoms with Crippen molar-refractivity contribution in [2.24, 2.45) is 0 Å². The second kappa shape index (κ2) is 8.58. The molecule has 118 valence electrons. The highest BCUT2D eigenvalue weighted by Gasteiger charge is 2.16. The number of benzene rings is 1. The molecule has 1 nitrogen and oxygen atoms in total. The highest BCUT2D eigenvalue weighted by Crippen LogP contribution is 2.26. The van der Waals surface area contributed by atoms with E-state index in [1.807, 2.05) is 0 Å². The van der Waals surface area contributed by atoms with Gasteiger partial charge in [-0.05, 0) is 55.3 Å². The molecule has 0 saturated carbocycles. The van der Waals surface area contributed by atoms with Crippen LogP contribution in [0.2, 0.25) is 0 Å². The van der Waals surface area contributed by atoms with Gasteiger partial charge in [-0.3, -0.25) is 0 Å². The molecule has 0 amide bonds. The summed E-state index contributed by atoms with van der Waals surface area (Å²) >= 11 is 0. The first-order valence-corrected chi connectivity index (χ1v) is 9.03. The maximum atomic E-state index is 2.63. The molecule has 0 N–H and O–H groups in total. The molecule has 1 heterocycles. The van der Waals surface area contributed by atoms with Crippen LogP contribution in [0.5, 0.6) is 0 Å². The fraction of sp³-hybridized carbons (Fsp3) is 0.700. The summed E-state index contributed by atoms with van der Waals surface area (Å²) in [7, 11) is 0. The van der Waals surface area contributed by atoms with Crippen molar-refractivity contribution in [1.29, 1.82) is 0 Å². The Morgan fingerprint density at radius 2 is 1.67 bits per heavy atom. The molecule has 2 unspecified atom stereocenters. The zero-order valence-electron chi connectivity index (χ0n) is 14.3.